The Morgan fingerprint density at radius 2 is 1.83 bits per heavy atom. The maximum absolute atomic E-state index is 11.9. The van der Waals surface area contributed by atoms with E-state index < -0.39 is 31.1 Å². The summed E-state index contributed by atoms with van der Waals surface area (Å²) in [5.74, 6) is 2.20. The number of ether oxygens (including phenoxy) is 3. The average Bonchev–Trinajstić information content (AvgIpc) is 2.57. The number of hydrogen-bond acceptors (Lipinski definition) is 10. The van der Waals surface area contributed by atoms with Gasteiger partial charge in [0.25, 0.3) is 0 Å². The van der Waals surface area contributed by atoms with Crippen LogP contribution in [0.5, 0.6) is 5.75 Å². The first-order chi connectivity index (χ1) is 11.4. The number of rotatable bonds is 8. The molecule has 10 nitrogen and oxygen atoms in total. The lowest BCUT2D eigenvalue weighted by Crippen LogP contribution is -2.19. The van der Waals surface area contributed by atoms with Gasteiger partial charge in [0, 0.05) is 0 Å². The molecule has 0 aliphatic carbocycles. The Balaban J connectivity index is 2.90. The second kappa shape index (κ2) is 9.20. The number of esters is 2. The average molecular weight is 340 g/mol. The van der Waals surface area contributed by atoms with Gasteiger partial charge in [-0.3, -0.25) is 0 Å². The van der Waals surface area contributed by atoms with E-state index in [1.54, 1.807) is 13.8 Å². The van der Waals surface area contributed by atoms with Crippen molar-refractivity contribution in [2.24, 2.45) is 11.1 Å². The number of nitrogens with zero attached hydrogens (tertiary/aromatic N) is 1. The predicted octanol–water partition coefficient (Wildman–Crippen LogP) is 0.909. The highest BCUT2D eigenvalue weighted by Gasteiger charge is 2.18. The Morgan fingerprint density at radius 1 is 1.12 bits per heavy atom. The minimum absolute atomic E-state index is 0.00194. The SMILES string of the molecule is CCOC(=O)COc1cc(C)c(C(=O)OCC(=O)ON)cc1N=O. The molecule has 0 atom stereocenters. The molecule has 0 amide bonds. The lowest BCUT2D eigenvalue weighted by atomic mass is 10.1. The number of carbonyl (C=O) groups excluding carboxylic acids is 3. The maximum Gasteiger partial charge on any atom is 0.362 e. The fourth-order valence-electron chi connectivity index (χ4n) is 1.65. The number of nitroso groups, excluding NO2 is 1. The van der Waals surface area contributed by atoms with Crippen molar-refractivity contribution in [1.29, 1.82) is 0 Å². The molecule has 1 aromatic carbocycles. The van der Waals surface area contributed by atoms with E-state index in [9.17, 15) is 19.3 Å². The zero-order valence-electron chi connectivity index (χ0n) is 13.1. The number of aryl methyl sites for hydroxylation is 1. The van der Waals surface area contributed by atoms with E-state index in [1.165, 1.54) is 6.07 Å². The van der Waals surface area contributed by atoms with Gasteiger partial charge in [0.15, 0.2) is 18.9 Å². The highest BCUT2D eigenvalue weighted by Crippen LogP contribution is 2.31. The fourth-order valence-corrected chi connectivity index (χ4v) is 1.65. The number of carbonyl (C=O) groups is 3. The Kier molecular flexibility index (Phi) is 7.30. The van der Waals surface area contributed by atoms with Gasteiger partial charge in [0.2, 0.25) is 0 Å². The van der Waals surface area contributed by atoms with E-state index in [1.807, 2.05) is 0 Å². The van der Waals surface area contributed by atoms with Gasteiger partial charge < -0.3 is 19.0 Å². The monoisotopic (exact) mass is 340 g/mol. The van der Waals surface area contributed by atoms with Crippen LogP contribution < -0.4 is 10.6 Å². The van der Waals surface area contributed by atoms with Crippen molar-refractivity contribution in [3.8, 4) is 5.75 Å². The Labute approximate surface area is 136 Å². The number of benzene rings is 1. The van der Waals surface area contributed by atoms with Gasteiger partial charge >= 0.3 is 17.9 Å². The zero-order valence-corrected chi connectivity index (χ0v) is 13.1. The molecule has 0 aliphatic heterocycles. The van der Waals surface area contributed by atoms with Crippen molar-refractivity contribution in [3.63, 3.8) is 0 Å². The summed E-state index contributed by atoms with van der Waals surface area (Å²) in [4.78, 5) is 48.8. The molecule has 0 saturated carbocycles. The predicted molar refractivity (Wildman–Crippen MR) is 79.3 cm³/mol. The van der Waals surface area contributed by atoms with Crippen LogP contribution in [0.25, 0.3) is 0 Å². The maximum atomic E-state index is 11.9. The standard InChI is InChI=1S/C14H16N2O8/c1-3-21-12(17)6-22-11-4-8(2)9(5-10(11)16-20)14(19)23-7-13(18)24-15/h4-5H,3,6-7,15H2,1-2H3. The molecule has 0 aromatic heterocycles. The third-order valence-corrected chi connectivity index (χ3v) is 2.73. The van der Waals surface area contributed by atoms with E-state index >= 15 is 0 Å². The normalized spacial score (nSPS) is 9.79. The first kappa shape index (κ1) is 19.0. The molecule has 0 fully saturated rings. The molecular formula is C14H16N2O8. The molecule has 0 saturated heterocycles. The summed E-state index contributed by atoms with van der Waals surface area (Å²) in [5, 5.41) is 2.74. The summed E-state index contributed by atoms with van der Waals surface area (Å²) in [6.07, 6.45) is 0. The number of hydrogen-bond donors (Lipinski definition) is 1. The molecule has 24 heavy (non-hydrogen) atoms. The van der Waals surface area contributed by atoms with Crippen molar-refractivity contribution in [3.05, 3.63) is 28.2 Å². The largest absolute Gasteiger partial charge is 0.479 e. The van der Waals surface area contributed by atoms with Crippen molar-refractivity contribution >= 4 is 23.6 Å². The highest BCUT2D eigenvalue weighted by molar-refractivity contribution is 5.93. The molecule has 2 N–H and O–H groups in total. The summed E-state index contributed by atoms with van der Waals surface area (Å²) in [6.45, 7) is 2.28. The summed E-state index contributed by atoms with van der Waals surface area (Å²) < 4.78 is 14.5. The highest BCUT2D eigenvalue weighted by atomic mass is 16.7. The number of nitrogens with two attached hydrogens (primary N) is 1. The van der Waals surface area contributed by atoms with E-state index in [0.29, 0.717) is 5.56 Å². The van der Waals surface area contributed by atoms with Crippen LogP contribution in [-0.2, 0) is 23.9 Å². The molecule has 10 heteroatoms. The second-order valence-electron chi connectivity index (χ2n) is 4.39. The Hall–Kier alpha value is -3.01. The van der Waals surface area contributed by atoms with Gasteiger partial charge in [-0.15, -0.1) is 4.91 Å². The summed E-state index contributed by atoms with van der Waals surface area (Å²) in [7, 11) is 0. The molecule has 0 radical (unpaired) electrons. The van der Waals surface area contributed by atoms with Crippen LogP contribution in [-0.4, -0.2) is 37.7 Å². The lowest BCUT2D eigenvalue weighted by molar-refractivity contribution is -0.147. The molecule has 0 unspecified atom stereocenters. The van der Waals surface area contributed by atoms with Gasteiger partial charge in [-0.1, -0.05) is 0 Å². The van der Waals surface area contributed by atoms with Crippen LogP contribution in [0.4, 0.5) is 5.69 Å². The third-order valence-electron chi connectivity index (χ3n) is 2.73. The van der Waals surface area contributed by atoms with Crippen LogP contribution in [0.2, 0.25) is 0 Å². The zero-order chi connectivity index (χ0) is 18.1. The first-order valence-corrected chi connectivity index (χ1v) is 6.76. The molecule has 0 heterocycles. The summed E-state index contributed by atoms with van der Waals surface area (Å²) >= 11 is 0. The molecule has 1 aromatic rings. The summed E-state index contributed by atoms with van der Waals surface area (Å²) in [5.41, 5.74) is 0.170. The van der Waals surface area contributed by atoms with Crippen LogP contribution in [0.1, 0.15) is 22.8 Å². The fraction of sp³-hybridized carbons (Fsp3) is 0.357. The quantitative estimate of drug-likeness (QED) is 0.414. The van der Waals surface area contributed by atoms with Gasteiger partial charge in [0.05, 0.1) is 12.2 Å². The topological polar surface area (TPSA) is 144 Å². The molecule has 0 bridgehead atoms. The van der Waals surface area contributed by atoms with Crippen molar-refractivity contribution in [1.82, 2.24) is 0 Å². The third kappa shape index (κ3) is 5.32. The van der Waals surface area contributed by atoms with E-state index in [-0.39, 0.29) is 23.6 Å². The van der Waals surface area contributed by atoms with Crippen molar-refractivity contribution < 1.29 is 33.4 Å². The minimum Gasteiger partial charge on any atom is -0.479 e. The van der Waals surface area contributed by atoms with Gasteiger partial charge in [0.1, 0.15) is 5.75 Å². The van der Waals surface area contributed by atoms with Crippen LogP contribution in [0.3, 0.4) is 0 Å². The summed E-state index contributed by atoms with van der Waals surface area (Å²) in [6, 6.07) is 2.47. The smallest absolute Gasteiger partial charge is 0.362 e. The van der Waals surface area contributed by atoms with E-state index in [4.69, 9.17) is 9.47 Å². The second-order valence-corrected chi connectivity index (χ2v) is 4.39. The Bertz CT molecular complexity index is 644. The van der Waals surface area contributed by atoms with Gasteiger partial charge in [-0.2, -0.15) is 5.90 Å². The van der Waals surface area contributed by atoms with Crippen LogP contribution >= 0.6 is 0 Å². The molecule has 1 rings (SSSR count). The van der Waals surface area contributed by atoms with Gasteiger partial charge in [-0.25, -0.2) is 14.4 Å². The molecule has 130 valence electrons. The van der Waals surface area contributed by atoms with Crippen molar-refractivity contribution in [2.45, 2.75) is 13.8 Å². The molecular weight excluding hydrogens is 324 g/mol. The van der Waals surface area contributed by atoms with Crippen LogP contribution in [0.15, 0.2) is 17.3 Å². The first-order valence-electron chi connectivity index (χ1n) is 6.76. The molecule has 0 spiro atoms. The van der Waals surface area contributed by atoms with E-state index in [2.05, 4.69) is 20.6 Å². The van der Waals surface area contributed by atoms with Crippen molar-refractivity contribution in [2.75, 3.05) is 19.8 Å². The lowest BCUT2D eigenvalue weighted by Gasteiger charge is -2.11. The minimum atomic E-state index is -0.941. The Morgan fingerprint density at radius 3 is 2.42 bits per heavy atom. The molecule has 0 aliphatic rings. The van der Waals surface area contributed by atoms with Crippen LogP contribution in [0, 0.1) is 11.8 Å². The van der Waals surface area contributed by atoms with Gasteiger partial charge in [-0.05, 0) is 36.7 Å². The van der Waals surface area contributed by atoms with E-state index in [0.717, 1.165) is 6.07 Å².